The highest BCUT2D eigenvalue weighted by atomic mass is 16.5. The third-order valence-electron chi connectivity index (χ3n) is 3.02. The average molecular weight is 278 g/mol. The summed E-state index contributed by atoms with van der Waals surface area (Å²) in [6.07, 6.45) is 2.19. The fourth-order valence-corrected chi connectivity index (χ4v) is 1.95. The number of anilines is 1. The monoisotopic (exact) mass is 278 g/mol. The highest BCUT2D eigenvalue weighted by Gasteiger charge is 2.03. The van der Waals surface area contributed by atoms with Gasteiger partial charge in [0.25, 0.3) is 0 Å². The SMILES string of the molecule is CC(C)CNCCCc1ccc(OCC(C)C)c(N)c1. The van der Waals surface area contributed by atoms with Crippen molar-refractivity contribution in [2.75, 3.05) is 25.4 Å². The second-order valence-electron chi connectivity index (χ2n) is 6.28. The Morgan fingerprint density at radius 3 is 2.50 bits per heavy atom. The number of benzene rings is 1. The van der Waals surface area contributed by atoms with E-state index in [4.69, 9.17) is 10.5 Å². The van der Waals surface area contributed by atoms with Gasteiger partial charge >= 0.3 is 0 Å². The van der Waals surface area contributed by atoms with Crippen molar-refractivity contribution in [3.63, 3.8) is 0 Å². The summed E-state index contributed by atoms with van der Waals surface area (Å²) in [5.74, 6) is 2.03. The zero-order chi connectivity index (χ0) is 15.0. The van der Waals surface area contributed by atoms with Crippen LogP contribution in [-0.4, -0.2) is 19.7 Å². The molecule has 0 saturated carbocycles. The summed E-state index contributed by atoms with van der Waals surface area (Å²) in [6.45, 7) is 11.6. The first-order chi connectivity index (χ1) is 9.49. The molecule has 3 N–H and O–H groups in total. The van der Waals surface area contributed by atoms with Crippen LogP contribution in [0.2, 0.25) is 0 Å². The smallest absolute Gasteiger partial charge is 0.142 e. The van der Waals surface area contributed by atoms with Gasteiger partial charge in [-0.2, -0.15) is 0 Å². The largest absolute Gasteiger partial charge is 0.491 e. The van der Waals surface area contributed by atoms with E-state index in [1.165, 1.54) is 5.56 Å². The second kappa shape index (κ2) is 8.85. The molecule has 114 valence electrons. The van der Waals surface area contributed by atoms with Crippen molar-refractivity contribution in [3.05, 3.63) is 23.8 Å². The number of hydrogen-bond acceptors (Lipinski definition) is 3. The Hall–Kier alpha value is -1.22. The number of nitrogens with two attached hydrogens (primary N) is 1. The van der Waals surface area contributed by atoms with Crippen LogP contribution in [0.25, 0.3) is 0 Å². The maximum atomic E-state index is 6.04. The van der Waals surface area contributed by atoms with Gasteiger partial charge in [-0.1, -0.05) is 33.8 Å². The lowest BCUT2D eigenvalue weighted by Gasteiger charge is -2.12. The Labute approximate surface area is 123 Å². The highest BCUT2D eigenvalue weighted by Crippen LogP contribution is 2.23. The number of aryl methyl sites for hydroxylation is 1. The van der Waals surface area contributed by atoms with Crippen LogP contribution in [0.5, 0.6) is 5.75 Å². The fourth-order valence-electron chi connectivity index (χ4n) is 1.95. The summed E-state index contributed by atoms with van der Waals surface area (Å²) in [5.41, 5.74) is 8.07. The van der Waals surface area contributed by atoms with Gasteiger partial charge in [-0.05, 0) is 55.5 Å². The Kier molecular flexibility index (Phi) is 7.45. The minimum absolute atomic E-state index is 0.515. The zero-order valence-electron chi connectivity index (χ0n) is 13.4. The van der Waals surface area contributed by atoms with Crippen molar-refractivity contribution in [2.45, 2.75) is 40.5 Å². The molecule has 0 saturated heterocycles. The van der Waals surface area contributed by atoms with Gasteiger partial charge in [0, 0.05) is 0 Å². The standard InChI is InChI=1S/C17H30N2O/c1-13(2)11-19-9-5-6-15-7-8-17(16(18)10-15)20-12-14(3)4/h7-8,10,13-14,19H,5-6,9,11-12,18H2,1-4H3. The van der Waals surface area contributed by atoms with Gasteiger partial charge in [0.1, 0.15) is 5.75 Å². The van der Waals surface area contributed by atoms with Crippen LogP contribution in [0.3, 0.4) is 0 Å². The van der Waals surface area contributed by atoms with Crippen molar-refractivity contribution in [1.82, 2.24) is 5.32 Å². The molecule has 3 nitrogen and oxygen atoms in total. The van der Waals surface area contributed by atoms with Crippen molar-refractivity contribution in [2.24, 2.45) is 11.8 Å². The third-order valence-corrected chi connectivity index (χ3v) is 3.02. The summed E-state index contributed by atoms with van der Waals surface area (Å²) >= 11 is 0. The molecule has 0 unspecified atom stereocenters. The predicted octanol–water partition coefficient (Wildman–Crippen LogP) is 3.48. The number of hydrogen-bond donors (Lipinski definition) is 2. The summed E-state index contributed by atoms with van der Waals surface area (Å²) < 4.78 is 5.69. The topological polar surface area (TPSA) is 47.3 Å². The van der Waals surface area contributed by atoms with Gasteiger partial charge in [0.2, 0.25) is 0 Å². The van der Waals surface area contributed by atoms with Crippen LogP contribution in [-0.2, 0) is 6.42 Å². The van der Waals surface area contributed by atoms with E-state index in [9.17, 15) is 0 Å². The minimum atomic E-state index is 0.515. The zero-order valence-corrected chi connectivity index (χ0v) is 13.4. The molecule has 1 aromatic carbocycles. The van der Waals surface area contributed by atoms with Crippen molar-refractivity contribution >= 4 is 5.69 Å². The van der Waals surface area contributed by atoms with E-state index < -0.39 is 0 Å². The van der Waals surface area contributed by atoms with Gasteiger partial charge in [-0.25, -0.2) is 0 Å². The van der Waals surface area contributed by atoms with Gasteiger partial charge in [-0.3, -0.25) is 0 Å². The highest BCUT2D eigenvalue weighted by molar-refractivity contribution is 5.54. The molecule has 0 atom stereocenters. The first-order valence-electron chi connectivity index (χ1n) is 7.71. The molecule has 3 heteroatoms. The van der Waals surface area contributed by atoms with Crippen LogP contribution in [0.4, 0.5) is 5.69 Å². The van der Waals surface area contributed by atoms with Crippen LogP contribution in [0.1, 0.15) is 39.7 Å². The Bertz CT molecular complexity index is 389. The summed E-state index contributed by atoms with van der Waals surface area (Å²) in [5, 5.41) is 3.46. The Balaban J connectivity index is 2.35. The Morgan fingerprint density at radius 1 is 1.15 bits per heavy atom. The summed E-state index contributed by atoms with van der Waals surface area (Å²) in [4.78, 5) is 0. The number of rotatable bonds is 9. The molecule has 0 aliphatic carbocycles. The molecule has 0 radical (unpaired) electrons. The van der Waals surface area contributed by atoms with Crippen LogP contribution >= 0.6 is 0 Å². The van der Waals surface area contributed by atoms with Crippen molar-refractivity contribution in [1.29, 1.82) is 0 Å². The molecule has 0 amide bonds. The van der Waals surface area contributed by atoms with Crippen LogP contribution in [0.15, 0.2) is 18.2 Å². The predicted molar refractivity (Wildman–Crippen MR) is 87.2 cm³/mol. The number of nitrogen functional groups attached to an aromatic ring is 1. The first kappa shape index (κ1) is 16.8. The van der Waals surface area contributed by atoms with E-state index in [0.29, 0.717) is 18.4 Å². The van der Waals surface area contributed by atoms with E-state index in [-0.39, 0.29) is 0 Å². The van der Waals surface area contributed by atoms with Gasteiger partial charge in [0.15, 0.2) is 0 Å². The molecule has 0 spiro atoms. The van der Waals surface area contributed by atoms with Crippen LogP contribution < -0.4 is 15.8 Å². The first-order valence-corrected chi connectivity index (χ1v) is 7.71. The lowest BCUT2D eigenvalue weighted by Crippen LogP contribution is -2.21. The van der Waals surface area contributed by atoms with E-state index in [1.54, 1.807) is 0 Å². The molecule has 0 aromatic heterocycles. The van der Waals surface area contributed by atoms with Crippen LogP contribution in [0, 0.1) is 11.8 Å². The quantitative estimate of drug-likeness (QED) is 0.537. The van der Waals surface area contributed by atoms with E-state index in [1.807, 2.05) is 12.1 Å². The minimum Gasteiger partial charge on any atom is -0.491 e. The normalized spacial score (nSPS) is 11.3. The maximum absolute atomic E-state index is 6.04. The lowest BCUT2D eigenvalue weighted by molar-refractivity contribution is 0.272. The average Bonchev–Trinajstić information content (AvgIpc) is 2.36. The van der Waals surface area contributed by atoms with E-state index >= 15 is 0 Å². The molecule has 0 heterocycles. The molecule has 1 rings (SSSR count). The number of ether oxygens (including phenoxy) is 1. The number of nitrogens with one attached hydrogen (secondary N) is 1. The second-order valence-corrected chi connectivity index (χ2v) is 6.28. The Morgan fingerprint density at radius 2 is 1.90 bits per heavy atom. The molecule has 0 aliphatic rings. The molecular formula is C17H30N2O. The lowest BCUT2D eigenvalue weighted by atomic mass is 10.1. The van der Waals surface area contributed by atoms with Crippen molar-refractivity contribution in [3.8, 4) is 5.75 Å². The van der Waals surface area contributed by atoms with Gasteiger partial charge < -0.3 is 15.8 Å². The molecule has 0 fully saturated rings. The third kappa shape index (κ3) is 6.80. The van der Waals surface area contributed by atoms with Crippen molar-refractivity contribution < 1.29 is 4.74 Å². The molecule has 1 aromatic rings. The fraction of sp³-hybridized carbons (Fsp3) is 0.647. The van der Waals surface area contributed by atoms with E-state index in [2.05, 4.69) is 39.1 Å². The molecule has 20 heavy (non-hydrogen) atoms. The summed E-state index contributed by atoms with van der Waals surface area (Å²) in [7, 11) is 0. The molecule has 0 bridgehead atoms. The molecule has 0 aliphatic heterocycles. The maximum Gasteiger partial charge on any atom is 0.142 e. The molecular weight excluding hydrogens is 248 g/mol. The van der Waals surface area contributed by atoms with Gasteiger partial charge in [-0.15, -0.1) is 0 Å². The summed E-state index contributed by atoms with van der Waals surface area (Å²) in [6, 6.07) is 6.15. The van der Waals surface area contributed by atoms with Gasteiger partial charge in [0.05, 0.1) is 12.3 Å². The van der Waals surface area contributed by atoms with E-state index in [0.717, 1.165) is 37.4 Å².